The van der Waals surface area contributed by atoms with Gasteiger partial charge < -0.3 is 21.6 Å². The second-order valence-corrected chi connectivity index (χ2v) is 4.02. The number of rotatable bonds is 5. The molecule has 0 aromatic heterocycles. The summed E-state index contributed by atoms with van der Waals surface area (Å²) in [6.07, 6.45) is 1.02. The Morgan fingerprint density at radius 3 is 2.94 bits per heavy atom. The molecule has 18 heavy (non-hydrogen) atoms. The van der Waals surface area contributed by atoms with Crippen LogP contribution < -0.4 is 16.4 Å². The van der Waals surface area contributed by atoms with Crippen molar-refractivity contribution in [2.24, 2.45) is 10.9 Å². The van der Waals surface area contributed by atoms with E-state index >= 15 is 0 Å². The van der Waals surface area contributed by atoms with E-state index in [1.165, 1.54) is 0 Å². The predicted molar refractivity (Wildman–Crippen MR) is 71.1 cm³/mol. The predicted octanol–water partition coefficient (Wildman–Crippen LogP) is 1.99. The van der Waals surface area contributed by atoms with E-state index in [9.17, 15) is 4.79 Å². The molecule has 0 aliphatic carbocycles. The zero-order chi connectivity index (χ0) is 13.4. The second kappa shape index (κ2) is 7.39. The van der Waals surface area contributed by atoms with Crippen LogP contribution in [-0.2, 0) is 0 Å². The van der Waals surface area contributed by atoms with E-state index in [1.54, 1.807) is 24.3 Å². The van der Waals surface area contributed by atoms with Crippen molar-refractivity contribution in [1.82, 2.24) is 5.32 Å². The lowest BCUT2D eigenvalue weighted by Crippen LogP contribution is -2.30. The average molecular weight is 271 g/mol. The highest BCUT2D eigenvalue weighted by Crippen LogP contribution is 2.14. The van der Waals surface area contributed by atoms with Crippen molar-refractivity contribution in [2.75, 3.05) is 11.9 Å². The first-order chi connectivity index (χ1) is 8.61. The highest BCUT2D eigenvalue weighted by atomic mass is 35.5. The molecule has 0 unspecified atom stereocenters. The Morgan fingerprint density at radius 1 is 1.50 bits per heavy atom. The van der Waals surface area contributed by atoms with Crippen LogP contribution in [0.4, 0.5) is 10.5 Å². The summed E-state index contributed by atoms with van der Waals surface area (Å²) in [6, 6.07) is 6.54. The molecule has 0 atom stereocenters. The molecule has 1 rings (SSSR count). The number of nitrogens with two attached hydrogens (primary N) is 1. The van der Waals surface area contributed by atoms with Gasteiger partial charge >= 0.3 is 6.03 Å². The Balaban J connectivity index is 2.26. The van der Waals surface area contributed by atoms with Crippen LogP contribution in [0.2, 0.25) is 5.02 Å². The van der Waals surface area contributed by atoms with Crippen LogP contribution in [0, 0.1) is 0 Å². The van der Waals surface area contributed by atoms with Gasteiger partial charge in [-0.25, -0.2) is 4.79 Å². The largest absolute Gasteiger partial charge is 0.409 e. The lowest BCUT2D eigenvalue weighted by atomic mass is 10.3. The van der Waals surface area contributed by atoms with Gasteiger partial charge in [-0.1, -0.05) is 22.8 Å². The van der Waals surface area contributed by atoms with Gasteiger partial charge in [0.2, 0.25) is 0 Å². The minimum absolute atomic E-state index is 0.145. The summed E-state index contributed by atoms with van der Waals surface area (Å²) in [5, 5.41) is 17.0. The smallest absolute Gasteiger partial charge is 0.319 e. The number of anilines is 1. The molecule has 0 aliphatic heterocycles. The molecule has 0 radical (unpaired) electrons. The standard InChI is InChI=1S/C11H15ClN4O2/c12-8-3-1-4-9(7-8)15-11(17)14-6-2-5-10(13)16-18/h1,3-4,7,18H,2,5-6H2,(H2,13,16)(H2,14,15,17). The maximum atomic E-state index is 11.5. The van der Waals surface area contributed by atoms with Crippen molar-refractivity contribution < 1.29 is 10.0 Å². The van der Waals surface area contributed by atoms with Gasteiger partial charge in [0, 0.05) is 23.7 Å². The van der Waals surface area contributed by atoms with Crippen LogP contribution in [-0.4, -0.2) is 23.6 Å². The molecule has 0 aliphatic rings. The fourth-order valence-corrected chi connectivity index (χ4v) is 1.45. The number of carbonyl (C=O) groups is 1. The quantitative estimate of drug-likeness (QED) is 0.216. The summed E-state index contributed by atoms with van der Waals surface area (Å²) in [6.45, 7) is 0.433. The van der Waals surface area contributed by atoms with Crippen molar-refractivity contribution in [1.29, 1.82) is 0 Å². The number of oxime groups is 1. The molecule has 0 spiro atoms. The molecule has 0 heterocycles. The second-order valence-electron chi connectivity index (χ2n) is 3.59. The number of carbonyl (C=O) groups excluding carboxylic acids is 1. The molecule has 6 nitrogen and oxygen atoms in total. The van der Waals surface area contributed by atoms with Crippen LogP contribution in [0.5, 0.6) is 0 Å². The fourth-order valence-electron chi connectivity index (χ4n) is 1.26. The molecule has 5 N–H and O–H groups in total. The molecule has 1 aromatic rings. The maximum absolute atomic E-state index is 11.5. The molecule has 2 amide bonds. The first kappa shape index (κ1) is 14.1. The van der Waals surface area contributed by atoms with Crippen molar-refractivity contribution in [2.45, 2.75) is 12.8 Å². The molecule has 0 saturated carbocycles. The van der Waals surface area contributed by atoms with Gasteiger partial charge in [0.1, 0.15) is 5.84 Å². The Morgan fingerprint density at radius 2 is 2.28 bits per heavy atom. The monoisotopic (exact) mass is 270 g/mol. The van der Waals surface area contributed by atoms with Crippen LogP contribution in [0.25, 0.3) is 0 Å². The lowest BCUT2D eigenvalue weighted by Gasteiger charge is -2.07. The zero-order valence-electron chi connectivity index (χ0n) is 9.69. The Kier molecular flexibility index (Phi) is 5.79. The van der Waals surface area contributed by atoms with Gasteiger partial charge in [0.15, 0.2) is 0 Å². The number of nitrogens with zero attached hydrogens (tertiary/aromatic N) is 1. The van der Waals surface area contributed by atoms with Crippen molar-refractivity contribution >= 4 is 29.2 Å². The van der Waals surface area contributed by atoms with Crippen LogP contribution in [0.15, 0.2) is 29.4 Å². The number of benzene rings is 1. The topological polar surface area (TPSA) is 99.7 Å². The molecule has 0 saturated heterocycles. The minimum Gasteiger partial charge on any atom is -0.409 e. The van der Waals surface area contributed by atoms with E-state index in [1.807, 2.05) is 0 Å². The summed E-state index contributed by atoms with van der Waals surface area (Å²) >= 11 is 5.78. The van der Waals surface area contributed by atoms with Crippen LogP contribution in [0.3, 0.4) is 0 Å². The molecule has 0 fully saturated rings. The molecule has 0 bridgehead atoms. The van der Waals surface area contributed by atoms with E-state index in [0.29, 0.717) is 30.1 Å². The van der Waals surface area contributed by atoms with Gasteiger partial charge in [-0.15, -0.1) is 0 Å². The van der Waals surface area contributed by atoms with Gasteiger partial charge in [-0.2, -0.15) is 0 Å². The maximum Gasteiger partial charge on any atom is 0.319 e. The third-order valence-corrected chi connectivity index (χ3v) is 2.34. The molecular weight excluding hydrogens is 256 g/mol. The number of hydrogen-bond acceptors (Lipinski definition) is 3. The van der Waals surface area contributed by atoms with Crippen molar-refractivity contribution in [3.05, 3.63) is 29.3 Å². The number of urea groups is 1. The van der Waals surface area contributed by atoms with Gasteiger partial charge in [0.25, 0.3) is 0 Å². The first-order valence-electron chi connectivity index (χ1n) is 5.38. The zero-order valence-corrected chi connectivity index (χ0v) is 10.4. The van der Waals surface area contributed by atoms with E-state index in [0.717, 1.165) is 0 Å². The highest BCUT2D eigenvalue weighted by molar-refractivity contribution is 6.30. The first-order valence-corrected chi connectivity index (χ1v) is 5.76. The lowest BCUT2D eigenvalue weighted by molar-refractivity contribution is 0.252. The van der Waals surface area contributed by atoms with Crippen LogP contribution >= 0.6 is 11.6 Å². The summed E-state index contributed by atoms with van der Waals surface area (Å²) in [5.41, 5.74) is 5.91. The number of nitrogens with one attached hydrogen (secondary N) is 2. The minimum atomic E-state index is -0.322. The van der Waals surface area contributed by atoms with Gasteiger partial charge in [0.05, 0.1) is 0 Å². The SMILES string of the molecule is NC(CCCNC(=O)Nc1cccc(Cl)c1)=NO. The third-order valence-electron chi connectivity index (χ3n) is 2.11. The summed E-state index contributed by atoms with van der Waals surface area (Å²) in [7, 11) is 0. The number of amides is 2. The molecule has 7 heteroatoms. The van der Waals surface area contributed by atoms with E-state index < -0.39 is 0 Å². The van der Waals surface area contributed by atoms with E-state index in [4.69, 9.17) is 22.5 Å². The van der Waals surface area contributed by atoms with Crippen molar-refractivity contribution in [3.63, 3.8) is 0 Å². The number of amidine groups is 1. The Hall–Kier alpha value is -1.95. The van der Waals surface area contributed by atoms with Crippen LogP contribution in [0.1, 0.15) is 12.8 Å². The third kappa shape index (κ3) is 5.40. The van der Waals surface area contributed by atoms with Gasteiger partial charge in [-0.3, -0.25) is 0 Å². The number of hydrogen-bond donors (Lipinski definition) is 4. The Bertz CT molecular complexity index is 437. The molecule has 1 aromatic carbocycles. The van der Waals surface area contributed by atoms with Crippen molar-refractivity contribution in [3.8, 4) is 0 Å². The van der Waals surface area contributed by atoms with E-state index in [-0.39, 0.29) is 11.9 Å². The highest BCUT2D eigenvalue weighted by Gasteiger charge is 2.01. The van der Waals surface area contributed by atoms with E-state index in [2.05, 4.69) is 15.8 Å². The average Bonchev–Trinajstić information content (AvgIpc) is 2.34. The number of halogens is 1. The molecular formula is C11H15ClN4O2. The fraction of sp³-hybridized carbons (Fsp3) is 0.273. The summed E-state index contributed by atoms with van der Waals surface area (Å²) in [4.78, 5) is 11.5. The summed E-state index contributed by atoms with van der Waals surface area (Å²) in [5.74, 6) is 0.145. The normalized spacial score (nSPS) is 11.1. The molecule has 98 valence electrons. The summed E-state index contributed by atoms with van der Waals surface area (Å²) < 4.78 is 0. The Labute approximate surface area is 110 Å². The van der Waals surface area contributed by atoms with Gasteiger partial charge in [-0.05, 0) is 24.6 Å².